The molecule has 2 amide bonds. The largest absolute Gasteiger partial charge is 0.354 e. The van der Waals surface area contributed by atoms with Gasteiger partial charge < -0.3 is 10.2 Å². The quantitative estimate of drug-likeness (QED) is 0.302. The molecule has 0 aliphatic carbocycles. The Morgan fingerprint density at radius 3 is 2.15 bits per heavy atom. The second-order valence-corrected chi connectivity index (χ2v) is 12.6. The molecule has 0 saturated heterocycles. The molecule has 40 heavy (non-hydrogen) atoms. The highest BCUT2D eigenvalue weighted by Crippen LogP contribution is 2.25. The fourth-order valence-electron chi connectivity index (χ4n) is 4.03. The first-order valence-electron chi connectivity index (χ1n) is 12.6. The van der Waals surface area contributed by atoms with E-state index in [0.717, 1.165) is 28.3 Å². The van der Waals surface area contributed by atoms with Crippen LogP contribution in [-0.4, -0.2) is 50.5 Å². The molecule has 0 saturated carbocycles. The van der Waals surface area contributed by atoms with Crippen LogP contribution in [0.15, 0.2) is 72.8 Å². The minimum absolute atomic E-state index is 0.0384. The van der Waals surface area contributed by atoms with E-state index in [1.165, 1.54) is 17.0 Å². The lowest BCUT2D eigenvalue weighted by atomic mass is 10.0. The van der Waals surface area contributed by atoms with Crippen LogP contribution in [0, 0.1) is 11.7 Å². The summed E-state index contributed by atoms with van der Waals surface area (Å²) in [6, 6.07) is 17.9. The SMILES string of the molecule is CC(C)CNC(=O)[C@H](Cc1ccccc1)N(Cc1ccc(Cl)c(Cl)c1)C(=O)CN(c1ccc(F)cc1)S(C)(=O)=O. The van der Waals surface area contributed by atoms with Gasteiger partial charge in [0.2, 0.25) is 21.8 Å². The number of carbonyl (C=O) groups excluding carboxylic acids is 2. The first kappa shape index (κ1) is 31.4. The van der Waals surface area contributed by atoms with Crippen LogP contribution in [-0.2, 0) is 32.6 Å². The summed E-state index contributed by atoms with van der Waals surface area (Å²) in [5.41, 5.74) is 1.54. The molecule has 0 aromatic heterocycles. The highest BCUT2D eigenvalue weighted by molar-refractivity contribution is 7.92. The number of halogens is 3. The Morgan fingerprint density at radius 1 is 0.925 bits per heavy atom. The van der Waals surface area contributed by atoms with Crippen molar-refractivity contribution in [2.45, 2.75) is 32.9 Å². The maximum absolute atomic E-state index is 14.0. The van der Waals surface area contributed by atoms with E-state index in [4.69, 9.17) is 23.2 Å². The molecule has 3 aromatic rings. The number of carbonyl (C=O) groups is 2. The monoisotopic (exact) mass is 607 g/mol. The smallest absolute Gasteiger partial charge is 0.244 e. The summed E-state index contributed by atoms with van der Waals surface area (Å²) in [7, 11) is -3.95. The van der Waals surface area contributed by atoms with Gasteiger partial charge in [0.05, 0.1) is 22.0 Å². The van der Waals surface area contributed by atoms with Crippen molar-refractivity contribution in [2.24, 2.45) is 5.92 Å². The van der Waals surface area contributed by atoms with Crippen molar-refractivity contribution in [3.63, 3.8) is 0 Å². The number of sulfonamides is 1. The molecule has 0 unspecified atom stereocenters. The molecule has 0 aliphatic rings. The second-order valence-electron chi connectivity index (χ2n) is 9.86. The van der Waals surface area contributed by atoms with E-state index in [-0.39, 0.29) is 35.5 Å². The number of hydrogen-bond donors (Lipinski definition) is 1. The van der Waals surface area contributed by atoms with E-state index in [0.29, 0.717) is 17.1 Å². The molecule has 11 heteroatoms. The predicted molar refractivity (Wildman–Crippen MR) is 157 cm³/mol. The van der Waals surface area contributed by atoms with Crippen molar-refractivity contribution in [1.29, 1.82) is 0 Å². The Balaban J connectivity index is 2.06. The van der Waals surface area contributed by atoms with E-state index >= 15 is 0 Å². The third kappa shape index (κ3) is 8.94. The summed E-state index contributed by atoms with van der Waals surface area (Å²) < 4.78 is 39.9. The summed E-state index contributed by atoms with van der Waals surface area (Å²) in [6.45, 7) is 3.66. The third-order valence-corrected chi connectivity index (χ3v) is 7.97. The van der Waals surface area contributed by atoms with Crippen LogP contribution in [0.1, 0.15) is 25.0 Å². The maximum atomic E-state index is 14.0. The van der Waals surface area contributed by atoms with E-state index in [1.807, 2.05) is 44.2 Å². The van der Waals surface area contributed by atoms with Crippen molar-refractivity contribution < 1.29 is 22.4 Å². The van der Waals surface area contributed by atoms with E-state index in [1.54, 1.807) is 18.2 Å². The summed E-state index contributed by atoms with van der Waals surface area (Å²) in [4.78, 5) is 28.9. The van der Waals surface area contributed by atoms with Gasteiger partial charge in [-0.1, -0.05) is 73.4 Å². The lowest BCUT2D eigenvalue weighted by molar-refractivity contribution is -0.140. The zero-order chi connectivity index (χ0) is 29.4. The molecule has 7 nitrogen and oxygen atoms in total. The Labute approximate surface area is 244 Å². The molecule has 214 valence electrons. The van der Waals surface area contributed by atoms with Gasteiger partial charge in [0.1, 0.15) is 18.4 Å². The van der Waals surface area contributed by atoms with Crippen LogP contribution in [0.2, 0.25) is 10.0 Å². The first-order chi connectivity index (χ1) is 18.8. The lowest BCUT2D eigenvalue weighted by Crippen LogP contribution is -2.53. The van der Waals surface area contributed by atoms with Crippen molar-refractivity contribution in [1.82, 2.24) is 10.2 Å². The molecule has 0 fully saturated rings. The van der Waals surface area contributed by atoms with Gasteiger partial charge in [0, 0.05) is 19.5 Å². The van der Waals surface area contributed by atoms with Crippen molar-refractivity contribution >= 4 is 50.7 Å². The van der Waals surface area contributed by atoms with Gasteiger partial charge >= 0.3 is 0 Å². The molecule has 0 radical (unpaired) electrons. The van der Waals surface area contributed by atoms with E-state index in [2.05, 4.69) is 5.32 Å². The van der Waals surface area contributed by atoms with Gasteiger partial charge in [-0.25, -0.2) is 12.8 Å². The van der Waals surface area contributed by atoms with Gasteiger partial charge in [-0.2, -0.15) is 0 Å². The topological polar surface area (TPSA) is 86.8 Å². The number of nitrogens with one attached hydrogen (secondary N) is 1. The maximum Gasteiger partial charge on any atom is 0.244 e. The molecule has 1 N–H and O–H groups in total. The van der Waals surface area contributed by atoms with Gasteiger partial charge in [0.15, 0.2) is 0 Å². The molecular weight excluding hydrogens is 576 g/mol. The number of hydrogen-bond acceptors (Lipinski definition) is 4. The fourth-order valence-corrected chi connectivity index (χ4v) is 5.20. The van der Waals surface area contributed by atoms with Crippen LogP contribution >= 0.6 is 23.2 Å². The number of rotatable bonds is 12. The van der Waals surface area contributed by atoms with Gasteiger partial charge in [-0.15, -0.1) is 0 Å². The molecular formula is C29H32Cl2FN3O4S. The lowest BCUT2D eigenvalue weighted by Gasteiger charge is -2.33. The highest BCUT2D eigenvalue weighted by atomic mass is 35.5. The Kier molecular flexibility index (Phi) is 11.0. The minimum Gasteiger partial charge on any atom is -0.354 e. The number of nitrogens with zero attached hydrogens (tertiary/aromatic N) is 2. The minimum atomic E-state index is -3.95. The summed E-state index contributed by atoms with van der Waals surface area (Å²) >= 11 is 12.3. The van der Waals surface area contributed by atoms with Crippen LogP contribution in [0.3, 0.4) is 0 Å². The van der Waals surface area contributed by atoms with Crippen LogP contribution in [0.5, 0.6) is 0 Å². The highest BCUT2D eigenvalue weighted by Gasteiger charge is 2.33. The van der Waals surface area contributed by atoms with Crippen LogP contribution in [0.25, 0.3) is 0 Å². The number of amides is 2. The van der Waals surface area contributed by atoms with E-state index < -0.39 is 34.3 Å². The molecule has 3 rings (SSSR count). The van der Waals surface area contributed by atoms with Gasteiger partial charge in [-0.05, 0) is 53.4 Å². The Morgan fingerprint density at radius 2 is 1.57 bits per heavy atom. The van der Waals surface area contributed by atoms with Gasteiger partial charge in [-0.3, -0.25) is 13.9 Å². The molecule has 0 bridgehead atoms. The summed E-state index contributed by atoms with van der Waals surface area (Å²) in [5.74, 6) is -1.38. The van der Waals surface area contributed by atoms with E-state index in [9.17, 15) is 22.4 Å². The molecule has 0 aliphatic heterocycles. The summed E-state index contributed by atoms with van der Waals surface area (Å²) in [6.07, 6.45) is 1.15. The Bertz CT molecular complexity index is 1420. The fraction of sp³-hybridized carbons (Fsp3) is 0.310. The van der Waals surface area contributed by atoms with Crippen molar-refractivity contribution in [2.75, 3.05) is 23.7 Å². The molecule has 0 heterocycles. The Hall–Kier alpha value is -3.14. The first-order valence-corrected chi connectivity index (χ1v) is 15.2. The predicted octanol–water partition coefficient (Wildman–Crippen LogP) is 5.31. The number of benzene rings is 3. The summed E-state index contributed by atoms with van der Waals surface area (Å²) in [5, 5.41) is 3.52. The molecule has 3 aromatic carbocycles. The zero-order valence-corrected chi connectivity index (χ0v) is 24.8. The molecule has 1 atom stereocenters. The van der Waals surface area contributed by atoms with Crippen molar-refractivity contribution in [3.05, 3.63) is 99.8 Å². The second kappa shape index (κ2) is 14.0. The average Bonchev–Trinajstić information content (AvgIpc) is 2.90. The normalized spacial score (nSPS) is 12.2. The van der Waals surface area contributed by atoms with Crippen LogP contribution in [0.4, 0.5) is 10.1 Å². The average molecular weight is 609 g/mol. The molecule has 0 spiro atoms. The van der Waals surface area contributed by atoms with Crippen molar-refractivity contribution in [3.8, 4) is 0 Å². The third-order valence-electron chi connectivity index (χ3n) is 6.09. The van der Waals surface area contributed by atoms with Crippen LogP contribution < -0.4 is 9.62 Å². The number of anilines is 1. The standard InChI is InChI=1S/C29H32Cl2FN3O4S/c1-20(2)17-33-29(37)27(16-21-7-5-4-6-8-21)34(18-22-9-14-25(30)26(31)15-22)28(36)19-35(40(3,38)39)24-12-10-23(32)11-13-24/h4-15,20,27H,16-19H2,1-3H3,(H,33,37)/t27-/m0/s1. The van der Waals surface area contributed by atoms with Gasteiger partial charge in [0.25, 0.3) is 0 Å². The zero-order valence-electron chi connectivity index (χ0n) is 22.5.